The zero-order valence-electron chi connectivity index (χ0n) is 13.4. The van der Waals surface area contributed by atoms with Crippen molar-refractivity contribution in [2.24, 2.45) is 5.41 Å². The van der Waals surface area contributed by atoms with Crippen LogP contribution in [0.1, 0.15) is 47.0 Å². The van der Waals surface area contributed by atoms with E-state index in [1.165, 1.54) is 0 Å². The third-order valence-electron chi connectivity index (χ3n) is 3.68. The summed E-state index contributed by atoms with van der Waals surface area (Å²) < 4.78 is 5.03. The molecule has 2 unspecified atom stereocenters. The lowest BCUT2D eigenvalue weighted by atomic mass is 9.82. The van der Waals surface area contributed by atoms with Crippen LogP contribution in [0.4, 0.5) is 0 Å². The molecule has 1 aliphatic rings. The molecule has 0 spiro atoms. The van der Waals surface area contributed by atoms with Gasteiger partial charge in [0.1, 0.15) is 12.1 Å². The van der Waals surface area contributed by atoms with Gasteiger partial charge in [0.05, 0.1) is 0 Å². The lowest BCUT2D eigenvalue weighted by Crippen LogP contribution is -2.66. The zero-order valence-corrected chi connectivity index (χ0v) is 13.4. The summed E-state index contributed by atoms with van der Waals surface area (Å²) in [7, 11) is 1.67. The molecule has 1 heterocycles. The second kappa shape index (κ2) is 7.07. The van der Waals surface area contributed by atoms with Crippen molar-refractivity contribution in [3.8, 4) is 0 Å². The molecule has 0 aliphatic carbocycles. The Morgan fingerprint density at radius 1 is 1.25 bits per heavy atom. The van der Waals surface area contributed by atoms with Crippen LogP contribution in [-0.4, -0.2) is 49.1 Å². The van der Waals surface area contributed by atoms with E-state index in [-0.39, 0.29) is 29.3 Å². The van der Waals surface area contributed by atoms with E-state index in [2.05, 4.69) is 5.32 Å². The quantitative estimate of drug-likeness (QED) is 0.753. The van der Waals surface area contributed by atoms with E-state index >= 15 is 0 Å². The summed E-state index contributed by atoms with van der Waals surface area (Å²) in [5, 5.41) is 2.85. The SMILES string of the molecule is CCC1NC(=O)C(C(C)(C)C)N(CCCCOC)C1=O. The Morgan fingerprint density at radius 3 is 2.40 bits per heavy atom. The second-order valence-electron chi connectivity index (χ2n) is 6.47. The molecule has 1 saturated heterocycles. The van der Waals surface area contributed by atoms with E-state index in [1.807, 2.05) is 27.7 Å². The number of nitrogens with zero attached hydrogens (tertiary/aromatic N) is 1. The highest BCUT2D eigenvalue weighted by Crippen LogP contribution is 2.28. The maximum atomic E-state index is 12.5. The molecular weight excluding hydrogens is 256 g/mol. The Kier molecular flexibility index (Phi) is 5.99. The fourth-order valence-corrected chi connectivity index (χ4v) is 2.69. The number of carbonyl (C=O) groups excluding carboxylic acids is 2. The molecule has 2 amide bonds. The summed E-state index contributed by atoms with van der Waals surface area (Å²) in [6.07, 6.45) is 2.39. The predicted molar refractivity (Wildman–Crippen MR) is 78.3 cm³/mol. The van der Waals surface area contributed by atoms with E-state index in [0.717, 1.165) is 12.8 Å². The normalized spacial score (nSPS) is 23.9. The first-order chi connectivity index (χ1) is 9.32. The smallest absolute Gasteiger partial charge is 0.245 e. The molecule has 116 valence electrons. The number of hydrogen-bond acceptors (Lipinski definition) is 3. The van der Waals surface area contributed by atoms with Crippen LogP contribution < -0.4 is 5.32 Å². The van der Waals surface area contributed by atoms with Crippen molar-refractivity contribution in [3.63, 3.8) is 0 Å². The highest BCUT2D eigenvalue weighted by atomic mass is 16.5. The van der Waals surface area contributed by atoms with E-state index in [9.17, 15) is 9.59 Å². The summed E-state index contributed by atoms with van der Waals surface area (Å²) in [6.45, 7) is 9.22. The molecule has 20 heavy (non-hydrogen) atoms. The Morgan fingerprint density at radius 2 is 1.90 bits per heavy atom. The highest BCUT2D eigenvalue weighted by Gasteiger charge is 2.45. The molecule has 0 saturated carbocycles. The van der Waals surface area contributed by atoms with Gasteiger partial charge in [0, 0.05) is 20.3 Å². The summed E-state index contributed by atoms with van der Waals surface area (Å²) in [4.78, 5) is 26.6. The van der Waals surface area contributed by atoms with Crippen LogP contribution >= 0.6 is 0 Å². The van der Waals surface area contributed by atoms with E-state index in [0.29, 0.717) is 19.6 Å². The van der Waals surface area contributed by atoms with Gasteiger partial charge in [0.25, 0.3) is 0 Å². The fraction of sp³-hybridized carbons (Fsp3) is 0.867. The number of methoxy groups -OCH3 is 1. The van der Waals surface area contributed by atoms with E-state index in [4.69, 9.17) is 4.74 Å². The number of nitrogens with one attached hydrogen (secondary N) is 1. The zero-order chi connectivity index (χ0) is 15.3. The Balaban J connectivity index is 2.83. The van der Waals surface area contributed by atoms with Crippen LogP contribution in [0.5, 0.6) is 0 Å². The number of unbranched alkanes of at least 4 members (excludes halogenated alkanes) is 1. The first-order valence-electron chi connectivity index (χ1n) is 7.42. The average Bonchev–Trinajstić information content (AvgIpc) is 2.36. The number of amides is 2. The van der Waals surface area contributed by atoms with E-state index < -0.39 is 0 Å². The topological polar surface area (TPSA) is 58.6 Å². The van der Waals surface area contributed by atoms with E-state index in [1.54, 1.807) is 12.0 Å². The minimum Gasteiger partial charge on any atom is -0.385 e. The molecule has 2 atom stereocenters. The largest absolute Gasteiger partial charge is 0.385 e. The lowest BCUT2D eigenvalue weighted by molar-refractivity contribution is -0.154. The van der Waals surface area contributed by atoms with Gasteiger partial charge in [0.15, 0.2) is 0 Å². The summed E-state index contributed by atoms with van der Waals surface area (Å²) in [5.74, 6) is 0.0140. The summed E-state index contributed by atoms with van der Waals surface area (Å²) in [6, 6.07) is -0.760. The van der Waals surface area contributed by atoms with Gasteiger partial charge in [-0.1, -0.05) is 27.7 Å². The minimum absolute atomic E-state index is 0.0318. The number of hydrogen-bond donors (Lipinski definition) is 1. The Hall–Kier alpha value is -1.10. The van der Waals surface area contributed by atoms with Gasteiger partial charge in [-0.05, 0) is 24.7 Å². The van der Waals surface area contributed by atoms with Crippen LogP contribution in [0.15, 0.2) is 0 Å². The minimum atomic E-state index is -0.389. The van der Waals surface area contributed by atoms with Gasteiger partial charge >= 0.3 is 0 Å². The predicted octanol–water partition coefficient (Wildman–Crippen LogP) is 1.56. The molecule has 1 fully saturated rings. The van der Waals surface area contributed by atoms with Crippen molar-refractivity contribution in [1.82, 2.24) is 10.2 Å². The van der Waals surface area contributed by atoms with Gasteiger partial charge < -0.3 is 15.0 Å². The average molecular weight is 284 g/mol. The number of carbonyl (C=O) groups is 2. The molecule has 5 heteroatoms. The fourth-order valence-electron chi connectivity index (χ4n) is 2.69. The standard InChI is InChI=1S/C15H28N2O3/c1-6-11-14(19)17(9-7-8-10-20-5)12(13(18)16-11)15(2,3)4/h11-12H,6-10H2,1-5H3,(H,16,18). The number of piperazine rings is 1. The maximum Gasteiger partial charge on any atom is 0.245 e. The monoisotopic (exact) mass is 284 g/mol. The highest BCUT2D eigenvalue weighted by molar-refractivity contribution is 5.97. The molecule has 1 rings (SSSR count). The van der Waals surface area contributed by atoms with Crippen molar-refractivity contribution < 1.29 is 14.3 Å². The molecule has 1 aliphatic heterocycles. The van der Waals surface area contributed by atoms with Crippen LogP contribution in [-0.2, 0) is 14.3 Å². The van der Waals surface area contributed by atoms with Crippen molar-refractivity contribution in [1.29, 1.82) is 0 Å². The summed E-state index contributed by atoms with van der Waals surface area (Å²) in [5.41, 5.74) is -0.264. The number of rotatable bonds is 6. The Labute approximate surface area is 122 Å². The molecule has 0 aromatic rings. The maximum absolute atomic E-state index is 12.5. The third-order valence-corrected chi connectivity index (χ3v) is 3.68. The van der Waals surface area contributed by atoms with Crippen LogP contribution in [0.25, 0.3) is 0 Å². The third kappa shape index (κ3) is 3.95. The number of ether oxygens (including phenoxy) is 1. The Bertz CT molecular complexity index is 350. The van der Waals surface area contributed by atoms with Gasteiger partial charge in [-0.2, -0.15) is 0 Å². The summed E-state index contributed by atoms with van der Waals surface area (Å²) >= 11 is 0. The van der Waals surface area contributed by atoms with Crippen molar-refractivity contribution in [2.75, 3.05) is 20.3 Å². The lowest BCUT2D eigenvalue weighted by Gasteiger charge is -2.44. The van der Waals surface area contributed by atoms with Gasteiger partial charge in [-0.3, -0.25) is 9.59 Å². The van der Waals surface area contributed by atoms with Crippen LogP contribution in [0.2, 0.25) is 0 Å². The molecule has 1 N–H and O–H groups in total. The van der Waals surface area contributed by atoms with Crippen LogP contribution in [0, 0.1) is 5.41 Å². The van der Waals surface area contributed by atoms with Crippen LogP contribution in [0.3, 0.4) is 0 Å². The van der Waals surface area contributed by atoms with Gasteiger partial charge in [-0.15, -0.1) is 0 Å². The second-order valence-corrected chi connectivity index (χ2v) is 6.47. The molecule has 5 nitrogen and oxygen atoms in total. The van der Waals surface area contributed by atoms with Crippen molar-refractivity contribution in [3.05, 3.63) is 0 Å². The van der Waals surface area contributed by atoms with Gasteiger partial charge in [0.2, 0.25) is 11.8 Å². The molecule has 0 radical (unpaired) electrons. The first-order valence-corrected chi connectivity index (χ1v) is 7.42. The molecule has 0 aromatic carbocycles. The van der Waals surface area contributed by atoms with Gasteiger partial charge in [-0.25, -0.2) is 0 Å². The first kappa shape index (κ1) is 17.0. The van der Waals surface area contributed by atoms with Crippen molar-refractivity contribution in [2.45, 2.75) is 59.0 Å². The molecule has 0 aromatic heterocycles. The molecule has 0 bridgehead atoms. The molecular formula is C15H28N2O3. The van der Waals surface area contributed by atoms with Crippen molar-refractivity contribution >= 4 is 11.8 Å².